The van der Waals surface area contributed by atoms with Gasteiger partial charge in [0.2, 0.25) is 5.91 Å². The number of carbonyl (C=O) groups is 1. The lowest BCUT2D eigenvalue weighted by Gasteiger charge is -2.15. The molecule has 0 spiro atoms. The zero-order chi connectivity index (χ0) is 20.4. The number of hydrogen-bond acceptors (Lipinski definition) is 5. The van der Waals surface area contributed by atoms with Crippen molar-refractivity contribution in [1.29, 1.82) is 0 Å². The Labute approximate surface area is 171 Å². The van der Waals surface area contributed by atoms with Crippen molar-refractivity contribution in [2.45, 2.75) is 37.3 Å². The van der Waals surface area contributed by atoms with Gasteiger partial charge in [-0.25, -0.2) is 4.98 Å². The van der Waals surface area contributed by atoms with Crippen molar-refractivity contribution in [2.24, 2.45) is 0 Å². The summed E-state index contributed by atoms with van der Waals surface area (Å²) in [7, 11) is 0. The van der Waals surface area contributed by atoms with E-state index in [1.807, 2.05) is 49.4 Å². The molecule has 4 aromatic rings. The SMILES string of the molecule is CCn1c(S[C@@H](C)C(=O)NCc2ccco2)nc2cc3ccccc3cc2c1=O. The zero-order valence-electron chi connectivity index (χ0n) is 16.2. The van der Waals surface area contributed by atoms with E-state index in [0.717, 1.165) is 10.8 Å². The lowest BCUT2D eigenvalue weighted by Crippen LogP contribution is -2.31. The Morgan fingerprint density at radius 1 is 1.21 bits per heavy atom. The Kier molecular flexibility index (Phi) is 5.40. The molecule has 0 aliphatic rings. The van der Waals surface area contributed by atoms with Gasteiger partial charge in [0.05, 0.1) is 29.0 Å². The van der Waals surface area contributed by atoms with E-state index in [9.17, 15) is 9.59 Å². The minimum Gasteiger partial charge on any atom is -0.467 e. The number of aromatic nitrogens is 2. The second-order valence-electron chi connectivity index (χ2n) is 6.72. The van der Waals surface area contributed by atoms with Gasteiger partial charge in [-0.15, -0.1) is 0 Å². The van der Waals surface area contributed by atoms with E-state index in [-0.39, 0.29) is 11.5 Å². The van der Waals surface area contributed by atoms with Crippen LogP contribution >= 0.6 is 11.8 Å². The Bertz CT molecular complexity index is 1230. The van der Waals surface area contributed by atoms with E-state index < -0.39 is 5.25 Å². The highest BCUT2D eigenvalue weighted by molar-refractivity contribution is 8.00. The largest absolute Gasteiger partial charge is 0.467 e. The minimum absolute atomic E-state index is 0.0889. The number of nitrogens with one attached hydrogen (secondary N) is 1. The summed E-state index contributed by atoms with van der Waals surface area (Å²) in [5.41, 5.74) is 0.554. The second kappa shape index (κ2) is 8.13. The van der Waals surface area contributed by atoms with Crippen LogP contribution in [0.1, 0.15) is 19.6 Å². The molecule has 0 saturated carbocycles. The summed E-state index contributed by atoms with van der Waals surface area (Å²) in [4.78, 5) is 30.2. The van der Waals surface area contributed by atoms with Crippen molar-refractivity contribution in [2.75, 3.05) is 0 Å². The van der Waals surface area contributed by atoms with Crippen LogP contribution in [0.5, 0.6) is 0 Å². The quantitative estimate of drug-likeness (QED) is 0.297. The summed E-state index contributed by atoms with van der Waals surface area (Å²) in [6.45, 7) is 4.52. The summed E-state index contributed by atoms with van der Waals surface area (Å²) < 4.78 is 6.86. The fourth-order valence-electron chi connectivity index (χ4n) is 3.20. The van der Waals surface area contributed by atoms with E-state index in [1.54, 1.807) is 23.8 Å². The normalized spacial score (nSPS) is 12.3. The average Bonchev–Trinajstić information content (AvgIpc) is 3.25. The number of nitrogens with zero attached hydrogens (tertiary/aromatic N) is 2. The van der Waals surface area contributed by atoms with E-state index in [4.69, 9.17) is 9.40 Å². The van der Waals surface area contributed by atoms with Gasteiger partial charge in [-0.1, -0.05) is 36.0 Å². The molecule has 1 N–H and O–H groups in total. The number of furan rings is 1. The van der Waals surface area contributed by atoms with Crippen LogP contribution < -0.4 is 10.9 Å². The molecule has 0 unspecified atom stereocenters. The third-order valence-corrected chi connectivity index (χ3v) is 5.86. The van der Waals surface area contributed by atoms with Crippen LogP contribution in [0, 0.1) is 0 Å². The van der Waals surface area contributed by atoms with E-state index in [1.165, 1.54) is 11.8 Å². The summed E-state index contributed by atoms with van der Waals surface area (Å²) in [5.74, 6) is 0.554. The lowest BCUT2D eigenvalue weighted by atomic mass is 10.1. The number of amides is 1. The Morgan fingerprint density at radius 2 is 1.97 bits per heavy atom. The molecule has 0 aliphatic heterocycles. The summed E-state index contributed by atoms with van der Waals surface area (Å²) >= 11 is 1.28. The molecule has 2 aromatic heterocycles. The van der Waals surface area contributed by atoms with E-state index in [2.05, 4.69) is 5.32 Å². The maximum atomic E-state index is 13.1. The molecule has 2 heterocycles. The van der Waals surface area contributed by atoms with Crippen LogP contribution in [-0.4, -0.2) is 20.7 Å². The number of fused-ring (bicyclic) bond motifs is 2. The molecule has 7 heteroatoms. The first kappa shape index (κ1) is 19.3. The van der Waals surface area contributed by atoms with Crippen LogP contribution in [0.3, 0.4) is 0 Å². The summed E-state index contributed by atoms with van der Waals surface area (Å²) in [6, 6.07) is 15.3. The van der Waals surface area contributed by atoms with Crippen molar-refractivity contribution in [1.82, 2.24) is 14.9 Å². The van der Waals surface area contributed by atoms with Gasteiger partial charge in [0.1, 0.15) is 5.76 Å². The highest BCUT2D eigenvalue weighted by atomic mass is 32.2. The highest BCUT2D eigenvalue weighted by Crippen LogP contribution is 2.25. The third-order valence-electron chi connectivity index (χ3n) is 4.77. The predicted molar refractivity (Wildman–Crippen MR) is 115 cm³/mol. The maximum Gasteiger partial charge on any atom is 0.262 e. The highest BCUT2D eigenvalue weighted by Gasteiger charge is 2.19. The van der Waals surface area contributed by atoms with Crippen molar-refractivity contribution in [3.63, 3.8) is 0 Å². The van der Waals surface area contributed by atoms with Gasteiger partial charge >= 0.3 is 0 Å². The van der Waals surface area contributed by atoms with Crippen LogP contribution in [-0.2, 0) is 17.9 Å². The van der Waals surface area contributed by atoms with Crippen LogP contribution in [0.25, 0.3) is 21.7 Å². The molecule has 2 aromatic carbocycles. The molecule has 148 valence electrons. The van der Waals surface area contributed by atoms with Gasteiger partial charge < -0.3 is 9.73 Å². The molecule has 0 saturated heterocycles. The molecule has 1 atom stereocenters. The predicted octanol–water partition coefficient (Wildman–Crippen LogP) is 3.96. The van der Waals surface area contributed by atoms with Crippen LogP contribution in [0.2, 0.25) is 0 Å². The van der Waals surface area contributed by atoms with Gasteiger partial charge in [0.25, 0.3) is 5.56 Å². The molecule has 0 aliphatic carbocycles. The first-order chi connectivity index (χ1) is 14.1. The first-order valence-corrected chi connectivity index (χ1v) is 10.3. The molecule has 4 rings (SSSR count). The molecule has 1 amide bonds. The molecule has 0 radical (unpaired) electrons. The smallest absolute Gasteiger partial charge is 0.262 e. The van der Waals surface area contributed by atoms with Crippen LogP contribution in [0.15, 0.2) is 69.2 Å². The van der Waals surface area contributed by atoms with Crippen molar-refractivity contribution < 1.29 is 9.21 Å². The van der Waals surface area contributed by atoms with Gasteiger partial charge in [-0.2, -0.15) is 0 Å². The number of carbonyl (C=O) groups excluding carboxylic acids is 1. The Hall–Kier alpha value is -3.06. The fraction of sp³-hybridized carbons (Fsp3) is 0.227. The van der Waals surface area contributed by atoms with Crippen molar-refractivity contribution >= 4 is 39.3 Å². The zero-order valence-corrected chi connectivity index (χ0v) is 17.0. The van der Waals surface area contributed by atoms with Gasteiger partial charge in [-0.3, -0.25) is 14.2 Å². The van der Waals surface area contributed by atoms with Gasteiger partial charge in [-0.05, 0) is 48.9 Å². The molecule has 0 fully saturated rings. The average molecular weight is 407 g/mol. The minimum atomic E-state index is -0.410. The first-order valence-electron chi connectivity index (χ1n) is 9.47. The molecule has 6 nitrogen and oxygen atoms in total. The van der Waals surface area contributed by atoms with E-state index in [0.29, 0.717) is 34.9 Å². The molecular weight excluding hydrogens is 386 g/mol. The molecular formula is C22H21N3O3S. The number of thioether (sulfide) groups is 1. The number of hydrogen-bond donors (Lipinski definition) is 1. The van der Waals surface area contributed by atoms with E-state index >= 15 is 0 Å². The molecule has 0 bridgehead atoms. The Morgan fingerprint density at radius 3 is 2.66 bits per heavy atom. The summed E-state index contributed by atoms with van der Waals surface area (Å²) in [5, 5.41) is 5.61. The lowest BCUT2D eigenvalue weighted by molar-refractivity contribution is -0.120. The standard InChI is InChI=1S/C22H21N3O3S/c1-3-25-21(27)18-11-15-7-4-5-8-16(15)12-19(18)24-22(25)29-14(2)20(26)23-13-17-9-6-10-28-17/h4-12,14H,3,13H2,1-2H3,(H,23,26)/t14-/m0/s1. The Balaban J connectivity index is 1.64. The van der Waals surface area contributed by atoms with Gasteiger partial charge in [0.15, 0.2) is 5.16 Å². The maximum absolute atomic E-state index is 13.1. The third kappa shape index (κ3) is 3.91. The number of benzene rings is 2. The monoisotopic (exact) mass is 407 g/mol. The number of rotatable bonds is 6. The van der Waals surface area contributed by atoms with Crippen LogP contribution in [0.4, 0.5) is 0 Å². The van der Waals surface area contributed by atoms with Gasteiger partial charge in [0, 0.05) is 6.54 Å². The topological polar surface area (TPSA) is 77.1 Å². The molecule has 29 heavy (non-hydrogen) atoms. The summed E-state index contributed by atoms with van der Waals surface area (Å²) in [6.07, 6.45) is 1.57. The second-order valence-corrected chi connectivity index (χ2v) is 8.03. The van der Waals surface area contributed by atoms with Crippen molar-refractivity contribution in [3.8, 4) is 0 Å². The fourth-order valence-corrected chi connectivity index (χ4v) is 4.20. The van der Waals surface area contributed by atoms with Crippen molar-refractivity contribution in [3.05, 3.63) is 70.9 Å².